The molecular formula is C16H22N4O. The van der Waals surface area contributed by atoms with Crippen LogP contribution >= 0.6 is 0 Å². The zero-order valence-electron chi connectivity index (χ0n) is 12.8. The zero-order valence-corrected chi connectivity index (χ0v) is 12.8. The van der Waals surface area contributed by atoms with Gasteiger partial charge in [0, 0.05) is 36.1 Å². The van der Waals surface area contributed by atoms with Gasteiger partial charge in [0.15, 0.2) is 0 Å². The highest BCUT2D eigenvalue weighted by atomic mass is 16.1. The molecule has 21 heavy (non-hydrogen) atoms. The maximum Gasteiger partial charge on any atom is 0.251 e. The lowest BCUT2D eigenvalue weighted by atomic mass is 10.1. The van der Waals surface area contributed by atoms with E-state index in [9.17, 15) is 4.79 Å². The Balaban J connectivity index is 2.03. The predicted molar refractivity (Wildman–Crippen MR) is 84.5 cm³/mol. The number of carbonyl (C=O) groups excluding carboxylic acids is 1. The second-order valence-electron chi connectivity index (χ2n) is 4.95. The van der Waals surface area contributed by atoms with Gasteiger partial charge in [0.1, 0.15) is 0 Å². The number of nitrogens with one attached hydrogen (secondary N) is 2. The van der Waals surface area contributed by atoms with Crippen LogP contribution in [0.1, 0.15) is 42.7 Å². The second-order valence-corrected chi connectivity index (χ2v) is 4.95. The zero-order chi connectivity index (χ0) is 15.2. The number of rotatable bonds is 6. The molecule has 5 heteroatoms. The van der Waals surface area contributed by atoms with Gasteiger partial charge < -0.3 is 10.2 Å². The molecule has 0 aliphatic rings. The Morgan fingerprint density at radius 3 is 2.48 bits per heavy atom. The first-order valence-corrected chi connectivity index (χ1v) is 7.30. The largest absolute Gasteiger partial charge is 0.372 e. The monoisotopic (exact) mass is 286 g/mol. The molecule has 0 saturated carbocycles. The summed E-state index contributed by atoms with van der Waals surface area (Å²) in [7, 11) is 0. The maximum atomic E-state index is 12.2. The molecule has 2 N–H and O–H groups in total. The Bertz CT molecular complexity index is 558. The smallest absolute Gasteiger partial charge is 0.251 e. The van der Waals surface area contributed by atoms with Crippen LogP contribution in [0.4, 0.5) is 5.69 Å². The van der Waals surface area contributed by atoms with Gasteiger partial charge in [-0.05, 0) is 45.0 Å². The quantitative estimate of drug-likeness (QED) is 0.858. The summed E-state index contributed by atoms with van der Waals surface area (Å²) >= 11 is 0. The van der Waals surface area contributed by atoms with Crippen molar-refractivity contribution >= 4 is 11.6 Å². The molecule has 1 aromatic carbocycles. The highest BCUT2D eigenvalue weighted by Gasteiger charge is 2.12. The number of aromatic amines is 1. The van der Waals surface area contributed by atoms with Gasteiger partial charge in [0.2, 0.25) is 0 Å². The summed E-state index contributed by atoms with van der Waals surface area (Å²) in [5.41, 5.74) is 2.77. The topological polar surface area (TPSA) is 61.0 Å². The highest BCUT2D eigenvalue weighted by molar-refractivity contribution is 5.94. The SMILES string of the molecule is CCN(CC)c1ccc(C(=O)NC(C)c2cn[nH]c2)cc1. The molecule has 1 aromatic heterocycles. The minimum atomic E-state index is -0.0743. The van der Waals surface area contributed by atoms with Gasteiger partial charge in [-0.1, -0.05) is 0 Å². The lowest BCUT2D eigenvalue weighted by Gasteiger charge is -2.21. The second kappa shape index (κ2) is 6.92. The number of hydrogen-bond donors (Lipinski definition) is 2. The van der Waals surface area contributed by atoms with Gasteiger partial charge in [-0.2, -0.15) is 5.10 Å². The third kappa shape index (κ3) is 3.62. The fraction of sp³-hybridized carbons (Fsp3) is 0.375. The summed E-state index contributed by atoms with van der Waals surface area (Å²) in [4.78, 5) is 14.5. The molecule has 1 atom stereocenters. The highest BCUT2D eigenvalue weighted by Crippen LogP contribution is 2.16. The van der Waals surface area contributed by atoms with E-state index in [1.165, 1.54) is 0 Å². The summed E-state index contributed by atoms with van der Waals surface area (Å²) in [6, 6.07) is 7.64. The molecular weight excluding hydrogens is 264 g/mol. The fourth-order valence-corrected chi connectivity index (χ4v) is 2.27. The van der Waals surface area contributed by atoms with Gasteiger partial charge in [0.25, 0.3) is 5.91 Å². The molecule has 0 saturated heterocycles. The Hall–Kier alpha value is -2.30. The van der Waals surface area contributed by atoms with E-state index < -0.39 is 0 Å². The van der Waals surface area contributed by atoms with Gasteiger partial charge in [-0.15, -0.1) is 0 Å². The number of carbonyl (C=O) groups is 1. The number of hydrogen-bond acceptors (Lipinski definition) is 3. The first-order valence-electron chi connectivity index (χ1n) is 7.30. The normalized spacial score (nSPS) is 12.0. The molecule has 0 spiro atoms. The number of aromatic nitrogens is 2. The van der Waals surface area contributed by atoms with Gasteiger partial charge in [-0.3, -0.25) is 9.89 Å². The summed E-state index contributed by atoms with van der Waals surface area (Å²) in [5.74, 6) is -0.0743. The standard InChI is InChI=1S/C16H22N4O/c1-4-20(5-2)15-8-6-13(7-9-15)16(21)19-12(3)14-10-17-18-11-14/h6-12H,4-5H2,1-3H3,(H,17,18)(H,19,21). The minimum absolute atomic E-state index is 0.0706. The lowest BCUT2D eigenvalue weighted by molar-refractivity contribution is 0.0940. The molecule has 1 amide bonds. The number of benzene rings is 1. The Labute approximate surface area is 125 Å². The van der Waals surface area contributed by atoms with Crippen LogP contribution in [-0.4, -0.2) is 29.2 Å². The molecule has 0 radical (unpaired) electrons. The molecule has 1 heterocycles. The van der Waals surface area contributed by atoms with Crippen LogP contribution in [0.5, 0.6) is 0 Å². The molecule has 2 rings (SSSR count). The molecule has 0 aliphatic heterocycles. The van der Waals surface area contributed by atoms with Crippen LogP contribution in [0.25, 0.3) is 0 Å². The fourth-order valence-electron chi connectivity index (χ4n) is 2.27. The molecule has 112 valence electrons. The minimum Gasteiger partial charge on any atom is -0.372 e. The third-order valence-corrected chi connectivity index (χ3v) is 3.63. The van der Waals surface area contributed by atoms with Gasteiger partial charge >= 0.3 is 0 Å². The number of H-pyrrole nitrogens is 1. The van der Waals surface area contributed by atoms with Crippen molar-refractivity contribution in [1.82, 2.24) is 15.5 Å². The van der Waals surface area contributed by atoms with E-state index in [4.69, 9.17) is 0 Å². The van der Waals surface area contributed by atoms with E-state index in [0.717, 1.165) is 24.3 Å². The summed E-state index contributed by atoms with van der Waals surface area (Å²) in [5, 5.41) is 9.60. The predicted octanol–water partition coefficient (Wildman–Crippen LogP) is 2.75. The van der Waals surface area contributed by atoms with Crippen molar-refractivity contribution in [2.75, 3.05) is 18.0 Å². The van der Waals surface area contributed by atoms with Crippen LogP contribution in [0.2, 0.25) is 0 Å². The van der Waals surface area contributed by atoms with Crippen molar-refractivity contribution in [3.63, 3.8) is 0 Å². The van der Waals surface area contributed by atoms with E-state index >= 15 is 0 Å². The number of amides is 1. The van der Waals surface area contributed by atoms with E-state index in [0.29, 0.717) is 5.56 Å². The van der Waals surface area contributed by atoms with Crippen molar-refractivity contribution in [1.29, 1.82) is 0 Å². The Morgan fingerprint density at radius 1 is 1.29 bits per heavy atom. The van der Waals surface area contributed by atoms with Crippen molar-refractivity contribution in [3.05, 3.63) is 47.8 Å². The van der Waals surface area contributed by atoms with Crippen LogP contribution < -0.4 is 10.2 Å². The Morgan fingerprint density at radius 2 is 1.95 bits per heavy atom. The summed E-state index contributed by atoms with van der Waals surface area (Å²) < 4.78 is 0. The molecule has 0 aliphatic carbocycles. The summed E-state index contributed by atoms with van der Waals surface area (Å²) in [6.45, 7) is 8.10. The lowest BCUT2D eigenvalue weighted by Crippen LogP contribution is -2.26. The van der Waals surface area contributed by atoms with Crippen molar-refractivity contribution in [2.45, 2.75) is 26.8 Å². The molecule has 0 fully saturated rings. The Kier molecular flexibility index (Phi) is 4.98. The molecule has 5 nitrogen and oxygen atoms in total. The number of nitrogens with zero attached hydrogens (tertiary/aromatic N) is 2. The van der Waals surface area contributed by atoms with Crippen molar-refractivity contribution in [2.24, 2.45) is 0 Å². The van der Waals surface area contributed by atoms with E-state index in [2.05, 4.69) is 34.3 Å². The average molecular weight is 286 g/mol. The van der Waals surface area contributed by atoms with Crippen LogP contribution in [0.15, 0.2) is 36.7 Å². The van der Waals surface area contributed by atoms with Crippen LogP contribution in [0.3, 0.4) is 0 Å². The van der Waals surface area contributed by atoms with Crippen LogP contribution in [0, 0.1) is 0 Å². The first kappa shape index (κ1) is 15.1. The average Bonchev–Trinajstić information content (AvgIpc) is 3.03. The van der Waals surface area contributed by atoms with Gasteiger partial charge in [0.05, 0.1) is 12.2 Å². The summed E-state index contributed by atoms with van der Waals surface area (Å²) in [6.07, 6.45) is 3.50. The van der Waals surface area contributed by atoms with Crippen LogP contribution in [-0.2, 0) is 0 Å². The molecule has 2 aromatic rings. The van der Waals surface area contributed by atoms with Crippen molar-refractivity contribution < 1.29 is 4.79 Å². The van der Waals surface area contributed by atoms with E-state index in [1.54, 1.807) is 12.4 Å². The molecule has 1 unspecified atom stereocenters. The number of anilines is 1. The van der Waals surface area contributed by atoms with Crippen molar-refractivity contribution in [3.8, 4) is 0 Å². The molecule has 0 bridgehead atoms. The third-order valence-electron chi connectivity index (χ3n) is 3.63. The van der Waals surface area contributed by atoms with E-state index in [1.807, 2.05) is 31.2 Å². The first-order chi connectivity index (χ1) is 10.2. The van der Waals surface area contributed by atoms with E-state index in [-0.39, 0.29) is 11.9 Å². The van der Waals surface area contributed by atoms with Gasteiger partial charge in [-0.25, -0.2) is 0 Å². The maximum absolute atomic E-state index is 12.2.